The summed E-state index contributed by atoms with van der Waals surface area (Å²) in [4.78, 5) is 0. The molecular formula is C25H27NO2. The van der Waals surface area contributed by atoms with Gasteiger partial charge in [0.1, 0.15) is 11.7 Å². The van der Waals surface area contributed by atoms with Crippen LogP contribution in [0.1, 0.15) is 16.7 Å². The molecule has 3 aromatic rings. The summed E-state index contributed by atoms with van der Waals surface area (Å²) in [5, 5.41) is 15.3. The fraction of sp³-hybridized carbons (Fsp3) is 0.280. The fourth-order valence-electron chi connectivity index (χ4n) is 4.06. The van der Waals surface area contributed by atoms with Gasteiger partial charge in [0.2, 0.25) is 0 Å². The van der Waals surface area contributed by atoms with E-state index in [0.717, 1.165) is 23.2 Å². The van der Waals surface area contributed by atoms with Crippen LogP contribution in [0, 0.1) is 6.92 Å². The van der Waals surface area contributed by atoms with E-state index in [0.29, 0.717) is 19.6 Å². The molecule has 28 heavy (non-hydrogen) atoms. The van der Waals surface area contributed by atoms with Crippen molar-refractivity contribution in [1.29, 1.82) is 0 Å². The molecule has 1 aliphatic rings. The summed E-state index contributed by atoms with van der Waals surface area (Å²) in [5.41, 5.74) is 4.47. The average molecular weight is 373 g/mol. The molecule has 3 heteroatoms. The van der Waals surface area contributed by atoms with Crippen LogP contribution in [-0.2, 0) is 16.8 Å². The largest absolute Gasteiger partial charge is 0.382 e. The lowest BCUT2D eigenvalue weighted by Crippen LogP contribution is -2.52. The average Bonchev–Trinajstić information content (AvgIpc) is 2.75. The Kier molecular flexibility index (Phi) is 5.58. The molecule has 1 heterocycles. The van der Waals surface area contributed by atoms with Crippen molar-refractivity contribution in [2.75, 3.05) is 19.7 Å². The molecule has 2 atom stereocenters. The second-order valence-electron chi connectivity index (χ2n) is 7.56. The normalized spacial score (nSPS) is 19.1. The fourth-order valence-corrected chi connectivity index (χ4v) is 4.06. The van der Waals surface area contributed by atoms with Crippen molar-refractivity contribution in [3.05, 3.63) is 95.6 Å². The number of aryl methyl sites for hydroxylation is 1. The Labute approximate surface area is 167 Å². The van der Waals surface area contributed by atoms with Gasteiger partial charge < -0.3 is 15.2 Å². The van der Waals surface area contributed by atoms with Crippen LogP contribution in [0.25, 0.3) is 11.1 Å². The van der Waals surface area contributed by atoms with Crippen LogP contribution >= 0.6 is 0 Å². The van der Waals surface area contributed by atoms with Gasteiger partial charge in [0, 0.05) is 19.5 Å². The number of benzene rings is 3. The van der Waals surface area contributed by atoms with Crippen LogP contribution in [-0.4, -0.2) is 30.9 Å². The molecule has 2 N–H and O–H groups in total. The molecule has 0 bridgehead atoms. The molecule has 0 amide bonds. The summed E-state index contributed by atoms with van der Waals surface area (Å²) < 4.78 is 6.02. The third kappa shape index (κ3) is 3.88. The maximum Gasteiger partial charge on any atom is 0.121 e. The first-order valence-electron chi connectivity index (χ1n) is 9.92. The maximum atomic E-state index is 11.9. The number of rotatable bonds is 5. The second-order valence-corrected chi connectivity index (χ2v) is 7.56. The van der Waals surface area contributed by atoms with E-state index >= 15 is 0 Å². The highest BCUT2D eigenvalue weighted by Crippen LogP contribution is 2.35. The first kappa shape index (κ1) is 18.9. The third-order valence-corrected chi connectivity index (χ3v) is 5.54. The van der Waals surface area contributed by atoms with Crippen LogP contribution in [0.2, 0.25) is 0 Å². The van der Waals surface area contributed by atoms with Gasteiger partial charge in [-0.05, 0) is 29.2 Å². The summed E-state index contributed by atoms with van der Waals surface area (Å²) in [5.74, 6) is 0. The molecule has 0 aromatic heterocycles. The predicted molar refractivity (Wildman–Crippen MR) is 113 cm³/mol. The standard InChI is InChI=1S/C25H27NO2/c1-19-8-7-10-20(16-19)23-13-6-5-9-21(23)17-25(27,22-11-3-2-4-12-22)24-18-26-14-15-28-24/h2-13,16,24,26-27H,14-15,17-18H2,1H3. The molecule has 144 valence electrons. The number of hydrogen-bond donors (Lipinski definition) is 2. The highest BCUT2D eigenvalue weighted by atomic mass is 16.5. The van der Waals surface area contributed by atoms with E-state index in [1.807, 2.05) is 36.4 Å². The van der Waals surface area contributed by atoms with Gasteiger partial charge in [0.25, 0.3) is 0 Å². The number of hydrogen-bond acceptors (Lipinski definition) is 3. The lowest BCUT2D eigenvalue weighted by Gasteiger charge is -2.39. The second kappa shape index (κ2) is 8.27. The summed E-state index contributed by atoms with van der Waals surface area (Å²) in [6.07, 6.45) is 0.197. The van der Waals surface area contributed by atoms with E-state index in [2.05, 4.69) is 54.7 Å². The molecule has 0 saturated carbocycles. The van der Waals surface area contributed by atoms with Crippen molar-refractivity contribution >= 4 is 0 Å². The zero-order valence-corrected chi connectivity index (χ0v) is 16.3. The maximum absolute atomic E-state index is 11.9. The van der Waals surface area contributed by atoms with E-state index in [9.17, 15) is 5.11 Å². The Balaban J connectivity index is 1.76. The van der Waals surface area contributed by atoms with E-state index in [-0.39, 0.29) is 6.10 Å². The zero-order valence-electron chi connectivity index (χ0n) is 16.3. The summed E-state index contributed by atoms with van der Waals surface area (Å²) in [6.45, 7) is 4.17. The first-order valence-corrected chi connectivity index (χ1v) is 9.92. The van der Waals surface area contributed by atoms with Gasteiger partial charge in [-0.3, -0.25) is 0 Å². The van der Waals surface area contributed by atoms with Crippen molar-refractivity contribution in [2.45, 2.75) is 25.0 Å². The van der Waals surface area contributed by atoms with E-state index in [1.165, 1.54) is 11.1 Å². The van der Waals surface area contributed by atoms with Crippen LogP contribution < -0.4 is 5.32 Å². The smallest absolute Gasteiger partial charge is 0.121 e. The van der Waals surface area contributed by atoms with Crippen molar-refractivity contribution in [2.24, 2.45) is 0 Å². The Hall–Kier alpha value is -2.46. The van der Waals surface area contributed by atoms with E-state index < -0.39 is 5.60 Å². The minimum absolute atomic E-state index is 0.297. The molecule has 1 fully saturated rings. The van der Waals surface area contributed by atoms with Crippen molar-refractivity contribution < 1.29 is 9.84 Å². The Morgan fingerprint density at radius 1 is 1.00 bits per heavy atom. The zero-order chi connectivity index (χ0) is 19.4. The van der Waals surface area contributed by atoms with Gasteiger partial charge >= 0.3 is 0 Å². The van der Waals surface area contributed by atoms with Crippen molar-refractivity contribution in [3.8, 4) is 11.1 Å². The molecule has 4 rings (SSSR count). The van der Waals surface area contributed by atoms with Crippen molar-refractivity contribution in [3.63, 3.8) is 0 Å². The molecule has 0 aliphatic carbocycles. The summed E-state index contributed by atoms with van der Waals surface area (Å²) >= 11 is 0. The van der Waals surface area contributed by atoms with Crippen LogP contribution in [0.15, 0.2) is 78.9 Å². The molecule has 0 radical (unpaired) electrons. The third-order valence-electron chi connectivity index (χ3n) is 5.54. The summed E-state index contributed by atoms with van der Waals surface area (Å²) in [6, 6.07) is 26.8. The SMILES string of the molecule is Cc1cccc(-c2ccccc2CC(O)(c2ccccc2)C2CNCCO2)c1. The quantitative estimate of drug-likeness (QED) is 0.708. The highest BCUT2D eigenvalue weighted by Gasteiger charge is 2.40. The lowest BCUT2D eigenvalue weighted by molar-refractivity contribution is -0.124. The van der Waals surface area contributed by atoms with Crippen LogP contribution in [0.4, 0.5) is 0 Å². The molecule has 3 nitrogen and oxygen atoms in total. The topological polar surface area (TPSA) is 41.5 Å². The monoisotopic (exact) mass is 373 g/mol. The van der Waals surface area contributed by atoms with Gasteiger partial charge in [-0.2, -0.15) is 0 Å². The Morgan fingerprint density at radius 3 is 2.54 bits per heavy atom. The van der Waals surface area contributed by atoms with Gasteiger partial charge in [0.15, 0.2) is 0 Å². The van der Waals surface area contributed by atoms with Gasteiger partial charge in [-0.25, -0.2) is 0 Å². The minimum atomic E-state index is -1.10. The number of morpholine rings is 1. The summed E-state index contributed by atoms with van der Waals surface area (Å²) in [7, 11) is 0. The van der Waals surface area contributed by atoms with Gasteiger partial charge in [-0.15, -0.1) is 0 Å². The van der Waals surface area contributed by atoms with Crippen molar-refractivity contribution in [1.82, 2.24) is 5.32 Å². The van der Waals surface area contributed by atoms with E-state index in [4.69, 9.17) is 4.74 Å². The lowest BCUT2D eigenvalue weighted by atomic mass is 9.80. The highest BCUT2D eigenvalue weighted by molar-refractivity contribution is 5.68. The van der Waals surface area contributed by atoms with Crippen LogP contribution in [0.5, 0.6) is 0 Å². The molecule has 3 aromatic carbocycles. The molecule has 1 saturated heterocycles. The van der Waals surface area contributed by atoms with Gasteiger partial charge in [0.05, 0.1) is 6.61 Å². The first-order chi connectivity index (χ1) is 13.7. The molecule has 2 unspecified atom stereocenters. The molecule has 1 aliphatic heterocycles. The minimum Gasteiger partial charge on any atom is -0.382 e. The molecular weight excluding hydrogens is 346 g/mol. The number of nitrogens with one attached hydrogen (secondary N) is 1. The Morgan fingerprint density at radius 2 is 1.79 bits per heavy atom. The van der Waals surface area contributed by atoms with Crippen LogP contribution in [0.3, 0.4) is 0 Å². The van der Waals surface area contributed by atoms with E-state index in [1.54, 1.807) is 0 Å². The Bertz CT molecular complexity index is 919. The van der Waals surface area contributed by atoms with Gasteiger partial charge in [-0.1, -0.05) is 84.4 Å². The number of ether oxygens (including phenoxy) is 1. The molecule has 0 spiro atoms. The number of aliphatic hydroxyl groups is 1. The predicted octanol–water partition coefficient (Wildman–Crippen LogP) is 4.08.